The number of benzene rings is 2. The van der Waals surface area contributed by atoms with E-state index in [1.54, 1.807) is 14.2 Å². The molecule has 40 heavy (non-hydrogen) atoms. The van der Waals surface area contributed by atoms with Crippen molar-refractivity contribution < 1.29 is 19.0 Å². The molecule has 0 bridgehead atoms. The number of amides is 1. The van der Waals surface area contributed by atoms with Gasteiger partial charge in [0.25, 0.3) is 5.91 Å². The normalized spacial score (nSPS) is 11.9. The lowest BCUT2D eigenvalue weighted by Gasteiger charge is -2.21. The molecule has 0 saturated carbocycles. The van der Waals surface area contributed by atoms with E-state index in [1.807, 2.05) is 41.2 Å². The molecule has 0 radical (unpaired) electrons. The molecule has 0 unspecified atom stereocenters. The van der Waals surface area contributed by atoms with Gasteiger partial charge in [0.1, 0.15) is 23.9 Å². The van der Waals surface area contributed by atoms with Crippen molar-refractivity contribution in [3.63, 3.8) is 0 Å². The second kappa shape index (κ2) is 12.2. The van der Waals surface area contributed by atoms with Gasteiger partial charge < -0.3 is 29.4 Å². The van der Waals surface area contributed by atoms with Crippen molar-refractivity contribution in [3.05, 3.63) is 82.8 Å². The Morgan fingerprint density at radius 1 is 1.02 bits per heavy atom. The van der Waals surface area contributed by atoms with Gasteiger partial charge in [0.05, 0.1) is 25.0 Å². The second-order valence-corrected chi connectivity index (χ2v) is 9.53. The summed E-state index contributed by atoms with van der Waals surface area (Å²) in [4.78, 5) is 22.8. The van der Waals surface area contributed by atoms with Gasteiger partial charge in [0.15, 0.2) is 0 Å². The fourth-order valence-electron chi connectivity index (χ4n) is 5.03. The molecule has 0 aliphatic carbocycles. The Morgan fingerprint density at radius 3 is 2.55 bits per heavy atom. The van der Waals surface area contributed by atoms with E-state index in [4.69, 9.17) is 19.2 Å². The minimum atomic E-state index is -0.0993. The molecule has 1 aliphatic rings. The van der Waals surface area contributed by atoms with Crippen LogP contribution in [0.25, 0.3) is 5.82 Å². The van der Waals surface area contributed by atoms with Crippen LogP contribution in [0.15, 0.2) is 54.9 Å². The third-order valence-corrected chi connectivity index (χ3v) is 7.15. The van der Waals surface area contributed by atoms with E-state index in [0.717, 1.165) is 59.6 Å². The molecule has 1 aliphatic heterocycles. The molecule has 9 nitrogen and oxygen atoms in total. The Morgan fingerprint density at radius 2 is 1.82 bits per heavy atom. The topological polar surface area (TPSA) is 99.5 Å². The van der Waals surface area contributed by atoms with E-state index in [1.165, 1.54) is 0 Å². The second-order valence-electron chi connectivity index (χ2n) is 9.53. The van der Waals surface area contributed by atoms with Crippen LogP contribution in [-0.4, -0.2) is 47.9 Å². The molecule has 208 valence electrons. The molecule has 0 saturated heterocycles. The average Bonchev–Trinajstić information content (AvgIpc) is 3.43. The lowest BCUT2D eigenvalue weighted by atomic mass is 10.0. The summed E-state index contributed by atoms with van der Waals surface area (Å²) in [5, 5.41) is 6.47. The highest BCUT2D eigenvalue weighted by atomic mass is 16.5. The first kappa shape index (κ1) is 27.2. The van der Waals surface area contributed by atoms with Crippen LogP contribution >= 0.6 is 0 Å². The number of hydrogen-bond donors (Lipinski definition) is 2. The van der Waals surface area contributed by atoms with Crippen molar-refractivity contribution in [3.8, 4) is 17.3 Å². The number of aryl methyl sites for hydroxylation is 3. The smallest absolute Gasteiger partial charge is 0.257 e. The van der Waals surface area contributed by atoms with Crippen LogP contribution in [0, 0.1) is 0 Å². The van der Waals surface area contributed by atoms with E-state index in [0.29, 0.717) is 41.9 Å². The van der Waals surface area contributed by atoms with Gasteiger partial charge in [-0.1, -0.05) is 32.0 Å². The molecular formula is C31H35N5O4. The summed E-state index contributed by atoms with van der Waals surface area (Å²) in [6.07, 6.45) is 6.94. The molecule has 5 rings (SSSR count). The van der Waals surface area contributed by atoms with Crippen molar-refractivity contribution in [2.24, 2.45) is 0 Å². The van der Waals surface area contributed by atoms with Crippen LogP contribution < -0.4 is 20.1 Å². The van der Waals surface area contributed by atoms with Gasteiger partial charge in [-0.3, -0.25) is 4.79 Å². The zero-order valence-electron chi connectivity index (χ0n) is 23.4. The van der Waals surface area contributed by atoms with Crippen molar-refractivity contribution in [1.82, 2.24) is 14.5 Å². The number of carbonyl (C=O) groups is 1. The fourth-order valence-corrected chi connectivity index (χ4v) is 5.03. The maximum Gasteiger partial charge on any atom is 0.257 e. The summed E-state index contributed by atoms with van der Waals surface area (Å²) < 4.78 is 18.3. The predicted molar refractivity (Wildman–Crippen MR) is 156 cm³/mol. The molecule has 0 atom stereocenters. The molecule has 2 aromatic heterocycles. The van der Waals surface area contributed by atoms with Crippen LogP contribution in [0.5, 0.6) is 11.5 Å². The Bertz CT molecular complexity index is 1490. The number of para-hydroxylation sites is 1. The summed E-state index contributed by atoms with van der Waals surface area (Å²) in [6, 6.07) is 13.6. The molecule has 1 amide bonds. The summed E-state index contributed by atoms with van der Waals surface area (Å²) in [6.45, 7) is 5.16. The fraction of sp³-hybridized carbons (Fsp3) is 0.323. The number of carbonyl (C=O) groups excluding carboxylic acids is 1. The van der Waals surface area contributed by atoms with Crippen molar-refractivity contribution >= 4 is 23.2 Å². The van der Waals surface area contributed by atoms with Gasteiger partial charge in [-0.15, -0.1) is 0 Å². The van der Waals surface area contributed by atoms with E-state index in [-0.39, 0.29) is 5.91 Å². The van der Waals surface area contributed by atoms with E-state index < -0.39 is 0 Å². The van der Waals surface area contributed by atoms with Crippen LogP contribution in [0.1, 0.15) is 46.6 Å². The summed E-state index contributed by atoms with van der Waals surface area (Å²) in [7, 11) is 3.24. The Hall–Kier alpha value is -4.37. The third kappa shape index (κ3) is 5.51. The molecule has 2 N–H and O–H groups in total. The number of anilines is 3. The lowest BCUT2D eigenvalue weighted by molar-refractivity contribution is 0.102. The first-order valence-corrected chi connectivity index (χ1v) is 13.6. The van der Waals surface area contributed by atoms with E-state index in [9.17, 15) is 4.79 Å². The van der Waals surface area contributed by atoms with Gasteiger partial charge >= 0.3 is 0 Å². The first-order valence-electron chi connectivity index (χ1n) is 13.6. The predicted octanol–water partition coefficient (Wildman–Crippen LogP) is 5.52. The molecular weight excluding hydrogens is 506 g/mol. The molecule has 9 heteroatoms. The maximum atomic E-state index is 13.5. The van der Waals surface area contributed by atoms with Crippen molar-refractivity contribution in [1.29, 1.82) is 0 Å². The highest BCUT2D eigenvalue weighted by molar-refractivity contribution is 6.06. The number of aromatic nitrogens is 3. The van der Waals surface area contributed by atoms with Crippen molar-refractivity contribution in [2.45, 2.75) is 39.5 Å². The summed E-state index contributed by atoms with van der Waals surface area (Å²) in [5.41, 5.74) is 6.55. The zero-order chi connectivity index (χ0) is 28.1. The summed E-state index contributed by atoms with van der Waals surface area (Å²) in [5.74, 6) is 2.39. The minimum Gasteiger partial charge on any atom is -0.494 e. The van der Waals surface area contributed by atoms with Gasteiger partial charge in [-0.05, 0) is 55.0 Å². The van der Waals surface area contributed by atoms with Crippen LogP contribution in [-0.2, 0) is 30.4 Å². The van der Waals surface area contributed by atoms with Crippen LogP contribution in [0.2, 0.25) is 0 Å². The first-order chi connectivity index (χ1) is 19.6. The lowest BCUT2D eigenvalue weighted by Crippen LogP contribution is -2.20. The number of nitrogens with zero attached hydrogens (tertiary/aromatic N) is 3. The summed E-state index contributed by atoms with van der Waals surface area (Å²) >= 11 is 0. The van der Waals surface area contributed by atoms with Crippen molar-refractivity contribution in [2.75, 3.05) is 38.1 Å². The number of methoxy groups -OCH3 is 2. The molecule has 4 aromatic rings. The average molecular weight is 542 g/mol. The molecule has 2 aromatic carbocycles. The molecule has 3 heterocycles. The maximum absolute atomic E-state index is 13.5. The quantitative estimate of drug-likeness (QED) is 0.241. The Labute approximate surface area is 234 Å². The van der Waals surface area contributed by atoms with Gasteiger partial charge in [-0.25, -0.2) is 4.98 Å². The van der Waals surface area contributed by atoms with Gasteiger partial charge in [0.2, 0.25) is 5.95 Å². The SMILES string of the molecule is CCc1cccc(CC)c1NC(=O)c1ccn2c1CCc1cnc(Nc3ccc(OCCOC)cc3OC)nc1-2. The highest BCUT2D eigenvalue weighted by Crippen LogP contribution is 2.33. The standard InChI is InChI=1S/C31H35N5O4/c1-5-20-8-7-9-21(6-2)28(20)34-30(37)24-14-15-36-26(24)13-10-22-19-32-31(35-29(22)36)33-25-12-11-23(18-27(25)39-4)40-17-16-38-3/h7-9,11-12,14-15,18-19H,5-6,10,13,16-17H2,1-4H3,(H,34,37)(H,32,33,35). The number of rotatable bonds is 11. The monoisotopic (exact) mass is 541 g/mol. The number of fused-ring (bicyclic) bond motifs is 3. The van der Waals surface area contributed by atoms with Crippen LogP contribution in [0.3, 0.4) is 0 Å². The van der Waals surface area contributed by atoms with E-state index in [2.05, 4.69) is 47.7 Å². The molecule has 0 fully saturated rings. The Kier molecular flexibility index (Phi) is 8.31. The largest absolute Gasteiger partial charge is 0.494 e. The van der Waals surface area contributed by atoms with E-state index >= 15 is 0 Å². The van der Waals surface area contributed by atoms with Gasteiger partial charge in [-0.2, -0.15) is 4.98 Å². The number of ether oxygens (including phenoxy) is 3. The van der Waals surface area contributed by atoms with Gasteiger partial charge in [0, 0.05) is 42.5 Å². The highest BCUT2D eigenvalue weighted by Gasteiger charge is 2.25. The Balaban J connectivity index is 1.39. The molecule has 0 spiro atoms. The number of nitrogens with one attached hydrogen (secondary N) is 2. The zero-order valence-corrected chi connectivity index (χ0v) is 23.4. The minimum absolute atomic E-state index is 0.0993. The third-order valence-electron chi connectivity index (χ3n) is 7.15. The van der Waals surface area contributed by atoms with Crippen LogP contribution in [0.4, 0.5) is 17.3 Å². The number of hydrogen-bond acceptors (Lipinski definition) is 7.